The lowest BCUT2D eigenvalue weighted by Gasteiger charge is -2.36. The smallest absolute Gasteiger partial charge is 0.338 e. The van der Waals surface area contributed by atoms with Gasteiger partial charge < -0.3 is 19.7 Å². The molecule has 1 aromatic rings. The van der Waals surface area contributed by atoms with Gasteiger partial charge in [-0.1, -0.05) is 30.8 Å². The summed E-state index contributed by atoms with van der Waals surface area (Å²) in [5.41, 5.74) is 2.43. The zero-order chi connectivity index (χ0) is 21.7. The summed E-state index contributed by atoms with van der Waals surface area (Å²) in [6, 6.07) is 5.42. The molecule has 0 fully saturated rings. The lowest BCUT2D eigenvalue weighted by Crippen LogP contribution is -2.38. The van der Waals surface area contributed by atoms with E-state index in [4.69, 9.17) is 9.47 Å². The van der Waals surface area contributed by atoms with Crippen LogP contribution in [-0.2, 0) is 19.1 Å². The second-order valence-electron chi connectivity index (χ2n) is 6.67. The van der Waals surface area contributed by atoms with Crippen molar-refractivity contribution in [2.75, 3.05) is 27.4 Å². The molecule has 1 unspecified atom stereocenters. The minimum Gasteiger partial charge on any atom is -0.466 e. The van der Waals surface area contributed by atoms with Crippen molar-refractivity contribution in [3.63, 3.8) is 0 Å². The highest BCUT2D eigenvalue weighted by atomic mass is 32.2. The number of aliphatic imine (C=N–C) groups is 1. The Kier molecular flexibility index (Phi) is 7.28. The molecule has 0 bridgehead atoms. The third kappa shape index (κ3) is 4.57. The lowest BCUT2D eigenvalue weighted by molar-refractivity contribution is -0.136. The van der Waals surface area contributed by atoms with Crippen LogP contribution in [-0.4, -0.2) is 49.3 Å². The summed E-state index contributed by atoms with van der Waals surface area (Å²) in [6.45, 7) is 2.74. The van der Waals surface area contributed by atoms with Gasteiger partial charge in [0.25, 0.3) is 0 Å². The van der Waals surface area contributed by atoms with E-state index < -0.39 is 12.0 Å². The van der Waals surface area contributed by atoms with Gasteiger partial charge in [-0.3, -0.25) is 4.79 Å². The van der Waals surface area contributed by atoms with Gasteiger partial charge in [-0.15, -0.1) is 0 Å². The first-order valence-corrected chi connectivity index (χ1v) is 10.4. The molecule has 0 aromatic heterocycles. The molecule has 1 aromatic carbocycles. The highest BCUT2D eigenvalue weighted by Crippen LogP contribution is 2.45. The average molecular weight is 434 g/mol. The van der Waals surface area contributed by atoms with E-state index in [1.165, 1.54) is 31.0 Å². The van der Waals surface area contributed by atoms with Gasteiger partial charge in [-0.2, -0.15) is 0 Å². The molecule has 0 aliphatic carbocycles. The molecule has 30 heavy (non-hydrogen) atoms. The fourth-order valence-electron chi connectivity index (χ4n) is 3.39. The third-order valence-electron chi connectivity index (χ3n) is 4.78. The molecule has 160 valence electrons. The van der Waals surface area contributed by atoms with Crippen LogP contribution in [0.2, 0.25) is 0 Å². The number of esters is 1. The Bertz CT molecular complexity index is 911. The molecule has 1 amide bonds. The van der Waals surface area contributed by atoms with Crippen LogP contribution >= 0.6 is 11.8 Å². The van der Waals surface area contributed by atoms with Crippen LogP contribution in [0.4, 0.5) is 4.39 Å². The number of ether oxygens (including phenoxy) is 2. The van der Waals surface area contributed by atoms with E-state index >= 15 is 0 Å². The number of carbonyl (C=O) groups excluding carboxylic acids is 2. The van der Waals surface area contributed by atoms with E-state index in [1.807, 2.05) is 17.2 Å². The van der Waals surface area contributed by atoms with Crippen molar-refractivity contribution in [1.29, 1.82) is 0 Å². The minimum absolute atomic E-state index is 0.114. The van der Waals surface area contributed by atoms with Gasteiger partial charge in [0.15, 0.2) is 5.17 Å². The lowest BCUT2D eigenvalue weighted by atomic mass is 9.93. The summed E-state index contributed by atoms with van der Waals surface area (Å²) in [4.78, 5) is 31.6. The SMILES string of the molecule is CCC1=C(C(=O)OC)C(c2ccc(F)cc2)N2C(CC(=O)NCCOC)=CSC2=N1. The van der Waals surface area contributed by atoms with E-state index in [2.05, 4.69) is 10.3 Å². The van der Waals surface area contributed by atoms with Crippen LogP contribution in [0.1, 0.15) is 31.4 Å². The number of amides is 1. The van der Waals surface area contributed by atoms with E-state index in [9.17, 15) is 14.0 Å². The molecule has 0 saturated heterocycles. The normalized spacial score (nSPS) is 18.0. The maximum atomic E-state index is 13.6. The summed E-state index contributed by atoms with van der Waals surface area (Å²) in [5, 5.41) is 5.33. The first-order chi connectivity index (χ1) is 14.5. The number of fused-ring (bicyclic) bond motifs is 1. The van der Waals surface area contributed by atoms with Crippen molar-refractivity contribution in [1.82, 2.24) is 10.2 Å². The number of hydrogen-bond donors (Lipinski definition) is 1. The van der Waals surface area contributed by atoms with E-state index in [-0.39, 0.29) is 18.1 Å². The highest BCUT2D eigenvalue weighted by molar-refractivity contribution is 8.16. The summed E-state index contributed by atoms with van der Waals surface area (Å²) in [7, 11) is 2.89. The van der Waals surface area contributed by atoms with Gasteiger partial charge in [0.2, 0.25) is 5.91 Å². The van der Waals surface area contributed by atoms with Crippen molar-refractivity contribution < 1.29 is 23.5 Å². The Morgan fingerprint density at radius 2 is 2.00 bits per heavy atom. The molecular formula is C21H24FN3O4S. The number of rotatable bonds is 8. The maximum absolute atomic E-state index is 13.6. The average Bonchev–Trinajstić information content (AvgIpc) is 3.14. The molecule has 1 N–H and O–H groups in total. The Hall–Kier alpha value is -2.65. The van der Waals surface area contributed by atoms with Crippen LogP contribution in [0.15, 0.2) is 51.6 Å². The summed E-state index contributed by atoms with van der Waals surface area (Å²) in [6.07, 6.45) is 0.649. The second-order valence-corrected chi connectivity index (χ2v) is 7.51. The number of nitrogens with zero attached hydrogens (tertiary/aromatic N) is 2. The van der Waals surface area contributed by atoms with Crippen LogP contribution in [0.5, 0.6) is 0 Å². The van der Waals surface area contributed by atoms with Crippen molar-refractivity contribution in [3.05, 3.63) is 58.0 Å². The van der Waals surface area contributed by atoms with Gasteiger partial charge >= 0.3 is 5.97 Å². The van der Waals surface area contributed by atoms with Gasteiger partial charge in [0, 0.05) is 19.4 Å². The Balaban J connectivity index is 1.98. The van der Waals surface area contributed by atoms with Gasteiger partial charge in [-0.25, -0.2) is 14.2 Å². The maximum Gasteiger partial charge on any atom is 0.338 e. The molecule has 2 aliphatic heterocycles. The second kappa shape index (κ2) is 9.90. The first-order valence-electron chi connectivity index (χ1n) is 9.56. The number of allylic oxidation sites excluding steroid dienone is 1. The zero-order valence-electron chi connectivity index (χ0n) is 17.1. The topological polar surface area (TPSA) is 80.2 Å². The number of hydrogen-bond acceptors (Lipinski definition) is 7. The van der Waals surface area contributed by atoms with E-state index in [0.29, 0.717) is 47.3 Å². The fraction of sp³-hybridized carbons (Fsp3) is 0.381. The molecule has 3 rings (SSSR count). The molecule has 0 spiro atoms. The molecule has 9 heteroatoms. The highest BCUT2D eigenvalue weighted by Gasteiger charge is 2.41. The van der Waals surface area contributed by atoms with Crippen molar-refractivity contribution >= 4 is 28.8 Å². The minimum atomic E-state index is -0.562. The molecule has 0 radical (unpaired) electrons. The Morgan fingerprint density at radius 1 is 1.27 bits per heavy atom. The molecule has 7 nitrogen and oxygen atoms in total. The molecular weight excluding hydrogens is 409 g/mol. The number of amidine groups is 1. The fourth-order valence-corrected chi connectivity index (χ4v) is 4.33. The summed E-state index contributed by atoms with van der Waals surface area (Å²) >= 11 is 1.40. The van der Waals surface area contributed by atoms with Crippen molar-refractivity contribution in [2.45, 2.75) is 25.8 Å². The Labute approximate surface area is 179 Å². The van der Waals surface area contributed by atoms with Crippen LogP contribution in [0.3, 0.4) is 0 Å². The molecule has 2 aliphatic rings. The van der Waals surface area contributed by atoms with Crippen molar-refractivity contribution in [2.24, 2.45) is 4.99 Å². The molecule has 1 atom stereocenters. The van der Waals surface area contributed by atoms with E-state index in [1.54, 1.807) is 19.2 Å². The summed E-state index contributed by atoms with van der Waals surface area (Å²) in [5.74, 6) is -1.03. The van der Waals surface area contributed by atoms with Crippen molar-refractivity contribution in [3.8, 4) is 0 Å². The standard InChI is InChI=1S/C21H24FN3O4S/c1-4-16-18(20(27)29-3)19(13-5-7-14(22)8-6-13)25-15(12-30-21(25)24-16)11-17(26)23-9-10-28-2/h5-8,12,19H,4,9-11H2,1-3H3,(H,23,26). The largest absolute Gasteiger partial charge is 0.466 e. The third-order valence-corrected chi connectivity index (χ3v) is 5.67. The number of thioether (sulfide) groups is 1. The number of carbonyl (C=O) groups is 2. The van der Waals surface area contributed by atoms with Crippen LogP contribution < -0.4 is 5.32 Å². The first kappa shape index (κ1) is 22.0. The van der Waals surface area contributed by atoms with Crippen LogP contribution in [0.25, 0.3) is 0 Å². The predicted molar refractivity (Wildman–Crippen MR) is 113 cm³/mol. The zero-order valence-corrected chi connectivity index (χ0v) is 17.9. The number of halogens is 1. The summed E-state index contributed by atoms with van der Waals surface area (Å²) < 4.78 is 23.6. The predicted octanol–water partition coefficient (Wildman–Crippen LogP) is 3.12. The van der Waals surface area contributed by atoms with Gasteiger partial charge in [-0.05, 0) is 29.5 Å². The van der Waals surface area contributed by atoms with Crippen LogP contribution in [0, 0.1) is 5.82 Å². The Morgan fingerprint density at radius 3 is 2.63 bits per heavy atom. The number of methoxy groups -OCH3 is 2. The molecule has 2 heterocycles. The van der Waals surface area contributed by atoms with Gasteiger partial charge in [0.05, 0.1) is 37.4 Å². The van der Waals surface area contributed by atoms with Gasteiger partial charge in [0.1, 0.15) is 5.82 Å². The van der Waals surface area contributed by atoms with E-state index in [0.717, 1.165) is 0 Å². The molecule has 0 saturated carbocycles. The number of benzene rings is 1. The number of nitrogens with one attached hydrogen (secondary N) is 1. The monoisotopic (exact) mass is 433 g/mol. The quantitative estimate of drug-likeness (QED) is 0.501.